The van der Waals surface area contributed by atoms with Crippen LogP contribution in [0, 0.1) is 17.8 Å². The van der Waals surface area contributed by atoms with Crippen molar-refractivity contribution < 1.29 is 9.90 Å². The third-order valence-corrected chi connectivity index (χ3v) is 3.66. The number of carbonyl (C=O) groups is 1. The predicted molar refractivity (Wildman–Crippen MR) is 58.2 cm³/mol. The molecule has 0 aromatic carbocycles. The van der Waals surface area contributed by atoms with Gasteiger partial charge in [-0.15, -0.1) is 0 Å². The highest BCUT2D eigenvalue weighted by Gasteiger charge is 2.40. The summed E-state index contributed by atoms with van der Waals surface area (Å²) in [6, 6.07) is 0. The average Bonchev–Trinajstić information content (AvgIpc) is 2.86. The van der Waals surface area contributed by atoms with Gasteiger partial charge in [0.1, 0.15) is 0 Å². The zero-order valence-corrected chi connectivity index (χ0v) is 9.22. The van der Waals surface area contributed by atoms with Gasteiger partial charge in [-0.1, -0.05) is 12.2 Å². The van der Waals surface area contributed by atoms with Crippen LogP contribution in [0.5, 0.6) is 0 Å². The van der Waals surface area contributed by atoms with Gasteiger partial charge in [-0.05, 0) is 31.6 Å². The van der Waals surface area contributed by atoms with E-state index in [0.29, 0.717) is 24.9 Å². The van der Waals surface area contributed by atoms with Crippen LogP contribution in [0.1, 0.15) is 19.8 Å². The lowest BCUT2D eigenvalue weighted by atomic mass is 9.92. The van der Waals surface area contributed by atoms with Crippen LogP contribution >= 0.6 is 0 Å². The molecule has 2 aliphatic rings. The van der Waals surface area contributed by atoms with Crippen molar-refractivity contribution in [3.05, 3.63) is 12.2 Å². The minimum Gasteiger partial charge on any atom is -0.395 e. The number of likely N-dealkylation sites (N-methyl/N-ethyl adjacent to an activating group) is 1. The van der Waals surface area contributed by atoms with Crippen molar-refractivity contribution in [2.75, 3.05) is 19.7 Å². The van der Waals surface area contributed by atoms with E-state index >= 15 is 0 Å². The summed E-state index contributed by atoms with van der Waals surface area (Å²) in [7, 11) is 0. The lowest BCUT2D eigenvalue weighted by Gasteiger charge is -2.26. The number of nitrogens with zero attached hydrogens (tertiary/aromatic N) is 1. The molecule has 0 heterocycles. The molecule has 3 heteroatoms. The van der Waals surface area contributed by atoms with E-state index in [-0.39, 0.29) is 18.4 Å². The van der Waals surface area contributed by atoms with Crippen molar-refractivity contribution in [2.45, 2.75) is 19.8 Å². The molecule has 0 aromatic heterocycles. The number of hydrogen-bond acceptors (Lipinski definition) is 2. The second kappa shape index (κ2) is 4.35. The van der Waals surface area contributed by atoms with E-state index in [1.807, 2.05) is 6.92 Å². The molecule has 0 aromatic rings. The second-order valence-corrected chi connectivity index (χ2v) is 4.53. The van der Waals surface area contributed by atoms with Gasteiger partial charge in [0.25, 0.3) is 0 Å². The van der Waals surface area contributed by atoms with Crippen LogP contribution < -0.4 is 0 Å². The molecule has 3 unspecified atom stereocenters. The summed E-state index contributed by atoms with van der Waals surface area (Å²) in [5.41, 5.74) is 0. The minimum atomic E-state index is 0.0657. The Bertz CT molecular complexity index is 275. The number of carbonyl (C=O) groups excluding carboxylic acids is 1. The van der Waals surface area contributed by atoms with Crippen molar-refractivity contribution in [1.82, 2.24) is 4.90 Å². The van der Waals surface area contributed by atoms with E-state index in [9.17, 15) is 4.79 Å². The maximum atomic E-state index is 12.1. The highest BCUT2D eigenvalue weighted by molar-refractivity contribution is 5.80. The van der Waals surface area contributed by atoms with Crippen LogP contribution in [0.15, 0.2) is 12.2 Å². The summed E-state index contributed by atoms with van der Waals surface area (Å²) in [5.74, 6) is 1.53. The molecule has 3 atom stereocenters. The topological polar surface area (TPSA) is 40.5 Å². The highest BCUT2D eigenvalue weighted by atomic mass is 16.3. The summed E-state index contributed by atoms with van der Waals surface area (Å²) < 4.78 is 0. The first-order valence-electron chi connectivity index (χ1n) is 5.84. The fourth-order valence-corrected chi connectivity index (χ4v) is 2.84. The molecule has 0 spiro atoms. The van der Waals surface area contributed by atoms with Gasteiger partial charge in [0.2, 0.25) is 5.91 Å². The van der Waals surface area contributed by atoms with E-state index < -0.39 is 0 Å². The van der Waals surface area contributed by atoms with E-state index in [0.717, 1.165) is 12.8 Å². The molecule has 2 bridgehead atoms. The zero-order chi connectivity index (χ0) is 10.8. The van der Waals surface area contributed by atoms with Crippen LogP contribution in [0.25, 0.3) is 0 Å². The van der Waals surface area contributed by atoms with Crippen LogP contribution in [-0.4, -0.2) is 35.6 Å². The zero-order valence-electron chi connectivity index (χ0n) is 9.22. The van der Waals surface area contributed by atoms with Gasteiger partial charge in [-0.25, -0.2) is 0 Å². The molecular formula is C12H19NO2. The largest absolute Gasteiger partial charge is 0.395 e. The second-order valence-electron chi connectivity index (χ2n) is 4.53. The number of amides is 1. The van der Waals surface area contributed by atoms with Crippen molar-refractivity contribution in [2.24, 2.45) is 17.8 Å². The van der Waals surface area contributed by atoms with Crippen LogP contribution in [0.4, 0.5) is 0 Å². The van der Waals surface area contributed by atoms with Crippen molar-refractivity contribution in [3.63, 3.8) is 0 Å². The van der Waals surface area contributed by atoms with Gasteiger partial charge in [0.05, 0.1) is 6.61 Å². The molecule has 2 aliphatic carbocycles. The Balaban J connectivity index is 1.98. The maximum absolute atomic E-state index is 12.1. The third kappa shape index (κ3) is 1.93. The highest BCUT2D eigenvalue weighted by Crippen LogP contribution is 2.44. The summed E-state index contributed by atoms with van der Waals surface area (Å²) in [6.45, 7) is 3.22. The van der Waals surface area contributed by atoms with Crippen molar-refractivity contribution in [3.8, 4) is 0 Å². The molecule has 0 aliphatic heterocycles. The Kier molecular flexibility index (Phi) is 3.10. The number of aliphatic hydroxyl groups is 1. The molecule has 1 amide bonds. The van der Waals surface area contributed by atoms with E-state index in [1.54, 1.807) is 4.90 Å². The molecule has 84 valence electrons. The molecule has 3 nitrogen and oxygen atoms in total. The average molecular weight is 209 g/mol. The van der Waals surface area contributed by atoms with Gasteiger partial charge in [0.15, 0.2) is 0 Å². The summed E-state index contributed by atoms with van der Waals surface area (Å²) in [5, 5.41) is 8.88. The molecule has 1 saturated carbocycles. The number of hydrogen-bond donors (Lipinski definition) is 1. The normalized spacial score (nSPS) is 32.3. The molecule has 1 N–H and O–H groups in total. The van der Waals surface area contributed by atoms with Crippen molar-refractivity contribution in [1.29, 1.82) is 0 Å². The molecular weight excluding hydrogens is 190 g/mol. The Labute approximate surface area is 90.8 Å². The molecule has 2 rings (SSSR count). The van der Waals surface area contributed by atoms with Gasteiger partial charge in [-0.3, -0.25) is 4.79 Å². The Morgan fingerprint density at radius 2 is 2.27 bits per heavy atom. The van der Waals surface area contributed by atoms with E-state index in [1.165, 1.54) is 0 Å². The molecule has 1 fully saturated rings. The Morgan fingerprint density at radius 3 is 2.73 bits per heavy atom. The van der Waals surface area contributed by atoms with Crippen LogP contribution in [-0.2, 0) is 4.79 Å². The first-order chi connectivity index (χ1) is 7.26. The minimum absolute atomic E-state index is 0.0657. The number of aliphatic hydroxyl groups excluding tert-OH is 1. The lowest BCUT2D eigenvalue weighted by Crippen LogP contribution is -2.39. The van der Waals surface area contributed by atoms with Gasteiger partial charge in [0, 0.05) is 19.0 Å². The molecule has 0 saturated heterocycles. The van der Waals surface area contributed by atoms with Crippen molar-refractivity contribution >= 4 is 5.91 Å². The Hall–Kier alpha value is -0.830. The van der Waals surface area contributed by atoms with E-state index in [4.69, 9.17) is 5.11 Å². The Morgan fingerprint density at radius 1 is 1.47 bits per heavy atom. The van der Waals surface area contributed by atoms with Gasteiger partial charge >= 0.3 is 0 Å². The summed E-state index contributed by atoms with van der Waals surface area (Å²) >= 11 is 0. The number of allylic oxidation sites excluding steroid dienone is 2. The molecule has 0 radical (unpaired) electrons. The first kappa shape index (κ1) is 10.7. The summed E-state index contributed by atoms with van der Waals surface area (Å²) in [6.07, 6.45) is 6.62. The number of rotatable bonds is 4. The van der Waals surface area contributed by atoms with Crippen LogP contribution in [0.3, 0.4) is 0 Å². The fraction of sp³-hybridized carbons (Fsp3) is 0.750. The molecule has 15 heavy (non-hydrogen) atoms. The standard InChI is InChI=1S/C12H19NO2/c1-2-13(5-6-14)12(15)11-8-9-3-4-10(11)7-9/h3-4,9-11,14H,2,5-8H2,1H3. The number of fused-ring (bicyclic) bond motifs is 2. The van der Waals surface area contributed by atoms with Gasteiger partial charge < -0.3 is 10.0 Å². The van der Waals surface area contributed by atoms with E-state index in [2.05, 4.69) is 12.2 Å². The lowest BCUT2D eigenvalue weighted by molar-refractivity contribution is -0.136. The smallest absolute Gasteiger partial charge is 0.226 e. The maximum Gasteiger partial charge on any atom is 0.226 e. The third-order valence-electron chi connectivity index (χ3n) is 3.66. The summed E-state index contributed by atoms with van der Waals surface area (Å²) in [4.78, 5) is 13.9. The quantitative estimate of drug-likeness (QED) is 0.703. The predicted octanol–water partition coefficient (Wildman–Crippen LogP) is 1.04. The van der Waals surface area contributed by atoms with Crippen LogP contribution in [0.2, 0.25) is 0 Å². The fourth-order valence-electron chi connectivity index (χ4n) is 2.84. The first-order valence-corrected chi connectivity index (χ1v) is 5.84. The van der Waals surface area contributed by atoms with Gasteiger partial charge in [-0.2, -0.15) is 0 Å². The monoisotopic (exact) mass is 209 g/mol. The SMILES string of the molecule is CCN(CCO)C(=O)C1CC2C=CC1C2.